The van der Waals surface area contributed by atoms with Crippen LogP contribution in [0, 0.1) is 34.6 Å². The average Bonchev–Trinajstić information content (AvgIpc) is 2.58. The zero-order valence-electron chi connectivity index (χ0n) is 17.0. The van der Waals surface area contributed by atoms with Gasteiger partial charge in [0.15, 0.2) is 0 Å². The van der Waals surface area contributed by atoms with Gasteiger partial charge in [-0.05, 0) is 44.0 Å². The standard InChI is InChI=1S/C12H15N2O.C9H12O3S/c1-8-7-11-10(9(2)14(8)13)5-4-6-12(11)15-3;1-6-4-7(2)9(8(3)5-6)13(10,11)12/h4-7H,13H2,1-3H3;4-5H,1-3H3,(H,10,11,12)/q+1;/p-1. The van der Waals surface area contributed by atoms with Gasteiger partial charge in [-0.15, -0.1) is 0 Å². The third-order valence-electron chi connectivity index (χ3n) is 4.63. The molecular weight excluding hydrogens is 376 g/mol. The highest BCUT2D eigenvalue weighted by atomic mass is 32.2. The lowest BCUT2D eigenvalue weighted by Crippen LogP contribution is -2.49. The van der Waals surface area contributed by atoms with Crippen LogP contribution >= 0.6 is 0 Å². The minimum atomic E-state index is -4.33. The highest BCUT2D eigenvalue weighted by Gasteiger charge is 2.14. The van der Waals surface area contributed by atoms with E-state index in [1.807, 2.05) is 39.0 Å². The molecule has 3 rings (SSSR count). The number of nitrogens with two attached hydrogens (primary N) is 1. The number of fused-ring (bicyclic) bond motifs is 1. The lowest BCUT2D eigenvalue weighted by Gasteiger charge is -2.14. The van der Waals surface area contributed by atoms with E-state index in [0.29, 0.717) is 11.1 Å². The summed E-state index contributed by atoms with van der Waals surface area (Å²) in [4.78, 5) is -0.0851. The molecule has 0 radical (unpaired) electrons. The number of nitrogen functional groups attached to an aromatic ring is 1. The summed E-state index contributed by atoms with van der Waals surface area (Å²) >= 11 is 0. The van der Waals surface area contributed by atoms with Crippen LogP contribution in [-0.2, 0) is 10.1 Å². The van der Waals surface area contributed by atoms with Crippen molar-refractivity contribution in [3.05, 3.63) is 64.5 Å². The maximum absolute atomic E-state index is 10.8. The normalized spacial score (nSPS) is 11.1. The molecule has 0 amide bonds. The first-order valence-corrected chi connectivity index (χ1v) is 10.2. The van der Waals surface area contributed by atoms with E-state index in [1.54, 1.807) is 37.8 Å². The Bertz CT molecular complexity index is 1120. The van der Waals surface area contributed by atoms with Crippen molar-refractivity contribution < 1.29 is 22.4 Å². The fraction of sp³-hybridized carbons (Fsp3) is 0.286. The maximum atomic E-state index is 10.8. The van der Waals surface area contributed by atoms with Crippen LogP contribution in [0.4, 0.5) is 0 Å². The van der Waals surface area contributed by atoms with Crippen molar-refractivity contribution in [3.63, 3.8) is 0 Å². The molecule has 0 aliphatic heterocycles. The van der Waals surface area contributed by atoms with Crippen LogP contribution in [0.1, 0.15) is 28.1 Å². The molecule has 150 valence electrons. The van der Waals surface area contributed by atoms with Crippen molar-refractivity contribution in [1.29, 1.82) is 0 Å². The van der Waals surface area contributed by atoms with Gasteiger partial charge in [-0.25, -0.2) is 14.3 Å². The Kier molecular flexibility index (Phi) is 6.31. The number of nitrogens with zero attached hydrogens (tertiary/aromatic N) is 1. The number of benzene rings is 2. The molecule has 0 unspecified atom stereocenters. The summed E-state index contributed by atoms with van der Waals surface area (Å²) in [6.45, 7) is 9.12. The molecule has 1 heterocycles. The molecule has 3 aromatic rings. The minimum Gasteiger partial charge on any atom is -0.744 e. The van der Waals surface area contributed by atoms with E-state index < -0.39 is 10.1 Å². The van der Waals surface area contributed by atoms with Gasteiger partial charge < -0.3 is 9.29 Å². The largest absolute Gasteiger partial charge is 0.744 e. The van der Waals surface area contributed by atoms with Crippen LogP contribution in [0.25, 0.3) is 10.8 Å². The number of methoxy groups -OCH3 is 1. The van der Waals surface area contributed by atoms with Crippen LogP contribution in [0.5, 0.6) is 5.75 Å². The molecule has 1 aromatic heterocycles. The second-order valence-corrected chi connectivity index (χ2v) is 8.16. The molecule has 6 nitrogen and oxygen atoms in total. The van der Waals surface area contributed by atoms with Crippen LogP contribution in [-0.4, -0.2) is 20.1 Å². The predicted octanol–water partition coefficient (Wildman–Crippen LogP) is 2.98. The van der Waals surface area contributed by atoms with Gasteiger partial charge in [0.2, 0.25) is 11.4 Å². The summed E-state index contributed by atoms with van der Waals surface area (Å²) in [5.74, 6) is 6.80. The van der Waals surface area contributed by atoms with E-state index in [0.717, 1.165) is 33.5 Å². The molecule has 7 heteroatoms. The number of rotatable bonds is 2. The number of aromatic nitrogens is 1. The monoisotopic (exact) mass is 402 g/mol. The van der Waals surface area contributed by atoms with Crippen molar-refractivity contribution in [2.75, 3.05) is 13.0 Å². The third kappa shape index (κ3) is 4.43. The lowest BCUT2D eigenvalue weighted by atomic mass is 10.1. The second-order valence-electron chi connectivity index (χ2n) is 6.84. The first-order valence-electron chi connectivity index (χ1n) is 8.75. The van der Waals surface area contributed by atoms with E-state index in [4.69, 9.17) is 10.6 Å². The van der Waals surface area contributed by atoms with E-state index in [2.05, 4.69) is 6.07 Å². The molecule has 0 aliphatic rings. The summed E-state index contributed by atoms with van der Waals surface area (Å²) in [5, 5.41) is 2.24. The van der Waals surface area contributed by atoms with Crippen LogP contribution < -0.4 is 15.3 Å². The Hall–Kier alpha value is -2.64. The molecule has 0 saturated carbocycles. The highest BCUT2D eigenvalue weighted by molar-refractivity contribution is 7.85. The van der Waals surface area contributed by atoms with Gasteiger partial charge in [-0.3, -0.25) is 0 Å². The van der Waals surface area contributed by atoms with Crippen molar-refractivity contribution in [2.24, 2.45) is 0 Å². The van der Waals surface area contributed by atoms with Crippen LogP contribution in [0.3, 0.4) is 0 Å². The van der Waals surface area contributed by atoms with Gasteiger partial charge in [-0.1, -0.05) is 28.4 Å². The van der Waals surface area contributed by atoms with Gasteiger partial charge in [0.25, 0.3) is 0 Å². The number of ether oxygens (including phenoxy) is 1. The zero-order valence-corrected chi connectivity index (χ0v) is 17.8. The molecule has 0 fully saturated rings. The van der Waals surface area contributed by atoms with E-state index in [-0.39, 0.29) is 4.90 Å². The summed E-state index contributed by atoms with van der Waals surface area (Å²) < 4.78 is 39.5. The SMILES string of the molecule is COc1cccc2c(C)[n+](N)c(C)cc12.Cc1cc(C)c(S(=O)(=O)[O-])c(C)c1. The van der Waals surface area contributed by atoms with Crippen molar-refractivity contribution in [2.45, 2.75) is 39.5 Å². The number of hydrogen-bond donors (Lipinski definition) is 1. The predicted molar refractivity (Wildman–Crippen MR) is 109 cm³/mol. The highest BCUT2D eigenvalue weighted by Crippen LogP contribution is 2.26. The summed E-state index contributed by atoms with van der Waals surface area (Å²) in [5.41, 5.74) is 4.07. The van der Waals surface area contributed by atoms with Crippen LogP contribution in [0.2, 0.25) is 0 Å². The molecule has 0 saturated heterocycles. The molecule has 0 spiro atoms. The Morgan fingerprint density at radius 2 is 1.54 bits per heavy atom. The third-order valence-corrected chi connectivity index (χ3v) is 5.77. The lowest BCUT2D eigenvalue weighted by molar-refractivity contribution is -0.650. The minimum absolute atomic E-state index is 0.0851. The fourth-order valence-corrected chi connectivity index (χ4v) is 4.33. The van der Waals surface area contributed by atoms with Gasteiger partial charge in [-0.2, -0.15) is 0 Å². The van der Waals surface area contributed by atoms with Crippen LogP contribution in [0.15, 0.2) is 41.3 Å². The molecular formula is C21H26N2O4S. The topological polar surface area (TPSA) is 96.3 Å². The molecule has 0 aliphatic carbocycles. The summed E-state index contributed by atoms with van der Waals surface area (Å²) in [6, 6.07) is 11.4. The first kappa shape index (κ1) is 21.7. The Morgan fingerprint density at radius 1 is 0.964 bits per heavy atom. The van der Waals surface area contributed by atoms with Crippen molar-refractivity contribution >= 4 is 20.9 Å². The average molecular weight is 403 g/mol. The first-order chi connectivity index (χ1) is 13.0. The number of hydrogen-bond acceptors (Lipinski definition) is 5. The van der Waals surface area contributed by atoms with Crippen molar-refractivity contribution in [1.82, 2.24) is 0 Å². The summed E-state index contributed by atoms with van der Waals surface area (Å²) in [7, 11) is -2.65. The molecule has 2 N–H and O–H groups in total. The van der Waals surface area contributed by atoms with E-state index >= 15 is 0 Å². The van der Waals surface area contributed by atoms with E-state index in [9.17, 15) is 13.0 Å². The fourth-order valence-electron chi connectivity index (χ4n) is 3.42. The molecule has 0 atom stereocenters. The number of pyridine rings is 1. The van der Waals surface area contributed by atoms with Gasteiger partial charge in [0.05, 0.1) is 17.4 Å². The Balaban J connectivity index is 0.000000203. The Morgan fingerprint density at radius 3 is 2.04 bits per heavy atom. The zero-order chi connectivity index (χ0) is 21.2. The smallest absolute Gasteiger partial charge is 0.216 e. The molecule has 0 bridgehead atoms. The maximum Gasteiger partial charge on any atom is 0.216 e. The van der Waals surface area contributed by atoms with Gasteiger partial charge in [0.1, 0.15) is 15.9 Å². The summed E-state index contributed by atoms with van der Waals surface area (Å²) in [6.07, 6.45) is 0. The molecule has 2 aromatic carbocycles. The van der Waals surface area contributed by atoms with Crippen molar-refractivity contribution in [3.8, 4) is 5.75 Å². The van der Waals surface area contributed by atoms with Gasteiger partial charge in [0, 0.05) is 25.3 Å². The Labute approximate surface area is 166 Å². The van der Waals surface area contributed by atoms with Gasteiger partial charge >= 0.3 is 0 Å². The quantitative estimate of drug-likeness (QED) is 0.404. The number of aryl methyl sites for hydroxylation is 5. The second kappa shape index (κ2) is 8.16. The molecule has 28 heavy (non-hydrogen) atoms. The van der Waals surface area contributed by atoms with E-state index in [1.165, 1.54) is 0 Å².